The molecule has 20 nitrogen and oxygen atoms in total. The molecule has 0 radical (unpaired) electrons. The minimum atomic E-state index is -1.11. The molecule has 654 valence electrons. The number of hydrogen-bond donors (Lipinski definition) is 2. The third-order valence-corrected chi connectivity index (χ3v) is 34.4. The first-order valence-electron chi connectivity index (χ1n) is 47.9. The SMILES string of the molecule is CCC1OC(CC)C2C1C1CC(C)(C(=O)OC3(CC)CCCC3)C2O1.CCC1OC(CC)C2C3OC(C(C(=O)OC4(CC)CCCC4)C3C(=O)OC3(CC)CCCC3)C12.CCC1OC(CC)C2C3OC(CC3C(C)(O)CC(=O)OC3(C(C)C)CCCC3)C12.CCC1OC(CC)C2C3OC(CC3C(O)CC(=O)OC3(CC)CCCC3)C12. The predicted molar refractivity (Wildman–Crippen MR) is 434 cm³/mol. The average Bonchev–Trinajstić information content (AvgIpc) is 1.57. The third-order valence-electron chi connectivity index (χ3n) is 34.4. The zero-order chi connectivity index (χ0) is 82.1. The molecule has 17 fully saturated rings. The number of carbonyl (C=O) groups is 5. The minimum absolute atomic E-state index is 0.0140. The van der Waals surface area contributed by atoms with E-state index in [4.69, 9.17) is 61.6 Å². The second-order valence-corrected chi connectivity index (χ2v) is 40.5. The van der Waals surface area contributed by atoms with Gasteiger partial charge < -0.3 is 71.8 Å². The van der Waals surface area contributed by atoms with Crippen LogP contribution in [0.25, 0.3) is 0 Å². The van der Waals surface area contributed by atoms with Crippen LogP contribution in [-0.4, -0.2) is 177 Å². The standard InChI is InChI=1S/C28H44O6.C24H40O5.C22H36O5.C21H34O4/c1-5-17-19-20(18(6-2)31-17)24-22(26(30)34-28(8-4)15-11-12-16-28)21(23(19)32-24)25(29)33-27(7-3)13-9-10-14-27;1-6-16-20-18-12-15(22(28-18)21(20)17(7-2)27-16)23(5,26)13-19(25)29-24(14(3)4)10-8-9-11-24;1-4-15-19-17-11-13(21(26-17)20(19)16(5-2)25-15)14(23)12-18(24)27-22(6-3)9-7-8-10-22;1-5-13-16-15-12-20(4,18(24-15)17(16)14(6-2)23-13)19(22)25-21(7-3)10-8-9-11-21/h17-24H,5-16H2,1-4H3;14-18,20-22,26H,6-13H2,1-5H3;13-17,19-21,23H,4-12H2,1-3H3;13-18H,5-12H2,1-4H3. The Kier molecular flexibility index (Phi) is 27.4. The fourth-order valence-corrected chi connectivity index (χ4v) is 27.8. The first-order chi connectivity index (χ1) is 55.1. The van der Waals surface area contributed by atoms with E-state index in [9.17, 15) is 34.2 Å². The van der Waals surface area contributed by atoms with E-state index in [1.54, 1.807) is 0 Å². The lowest BCUT2D eigenvalue weighted by molar-refractivity contribution is -0.180. The molecule has 12 heterocycles. The molecule has 0 aromatic heterocycles. The molecule has 17 rings (SSSR count). The van der Waals surface area contributed by atoms with Gasteiger partial charge in [-0.1, -0.05) is 96.9 Å². The second-order valence-electron chi connectivity index (χ2n) is 40.5. The Morgan fingerprint density at radius 2 is 0.757 bits per heavy atom. The van der Waals surface area contributed by atoms with Gasteiger partial charge in [-0.2, -0.15) is 0 Å². The molecule has 31 atom stereocenters. The molecule has 12 saturated heterocycles. The number of fused-ring (bicyclic) bond motifs is 20. The van der Waals surface area contributed by atoms with Crippen LogP contribution in [0.15, 0.2) is 0 Å². The second kappa shape index (κ2) is 35.7. The molecule has 0 spiro atoms. The summed E-state index contributed by atoms with van der Waals surface area (Å²) in [6.45, 7) is 34.0. The van der Waals surface area contributed by atoms with Crippen molar-refractivity contribution in [1.29, 1.82) is 0 Å². The van der Waals surface area contributed by atoms with Crippen LogP contribution < -0.4 is 0 Å². The van der Waals surface area contributed by atoms with E-state index in [1.165, 1.54) is 12.8 Å². The van der Waals surface area contributed by atoms with Crippen molar-refractivity contribution in [3.05, 3.63) is 0 Å². The van der Waals surface area contributed by atoms with Gasteiger partial charge in [0, 0.05) is 59.2 Å². The summed E-state index contributed by atoms with van der Waals surface area (Å²) in [7, 11) is 0. The van der Waals surface area contributed by atoms with Crippen LogP contribution in [0.3, 0.4) is 0 Å². The highest BCUT2D eigenvalue weighted by Gasteiger charge is 2.73. The van der Waals surface area contributed by atoms with Crippen molar-refractivity contribution in [3.8, 4) is 0 Å². The summed E-state index contributed by atoms with van der Waals surface area (Å²) in [6, 6.07) is 0. The Bertz CT molecular complexity index is 3230. The monoisotopic (exact) mass is 1620 g/mol. The lowest BCUT2D eigenvalue weighted by atomic mass is 9.64. The maximum absolute atomic E-state index is 13.8. The van der Waals surface area contributed by atoms with Gasteiger partial charge >= 0.3 is 29.8 Å². The van der Waals surface area contributed by atoms with Crippen molar-refractivity contribution >= 4 is 29.8 Å². The Morgan fingerprint density at radius 3 is 1.17 bits per heavy atom. The van der Waals surface area contributed by atoms with Gasteiger partial charge in [0.2, 0.25) is 0 Å². The van der Waals surface area contributed by atoms with Crippen molar-refractivity contribution < 1.29 is 95.8 Å². The van der Waals surface area contributed by atoms with E-state index in [0.29, 0.717) is 47.5 Å². The maximum Gasteiger partial charge on any atom is 0.315 e. The Labute approximate surface area is 690 Å². The van der Waals surface area contributed by atoms with Crippen LogP contribution in [0.1, 0.15) is 348 Å². The van der Waals surface area contributed by atoms with Gasteiger partial charge in [0.25, 0.3) is 0 Å². The van der Waals surface area contributed by atoms with Crippen LogP contribution in [0.2, 0.25) is 0 Å². The fourth-order valence-electron chi connectivity index (χ4n) is 27.8. The number of rotatable bonds is 27. The van der Waals surface area contributed by atoms with Gasteiger partial charge in [-0.3, -0.25) is 24.0 Å². The molecule has 5 saturated carbocycles. The molecule has 31 unspecified atom stereocenters. The Morgan fingerprint density at radius 1 is 0.400 bits per heavy atom. The highest BCUT2D eigenvalue weighted by atomic mass is 16.6. The number of carbonyl (C=O) groups excluding carboxylic acids is 5. The molecule has 2 N–H and O–H groups in total. The van der Waals surface area contributed by atoms with E-state index < -0.39 is 29.0 Å². The molecule has 20 heteroatoms. The van der Waals surface area contributed by atoms with Crippen LogP contribution in [0.5, 0.6) is 0 Å². The van der Waals surface area contributed by atoms with Crippen LogP contribution in [0.4, 0.5) is 0 Å². The normalized spacial score (nSPS) is 43.3. The first kappa shape index (κ1) is 88.3. The zero-order valence-corrected chi connectivity index (χ0v) is 73.7. The van der Waals surface area contributed by atoms with Gasteiger partial charge in [0.05, 0.1) is 139 Å². The lowest BCUT2D eigenvalue weighted by Gasteiger charge is -2.39. The van der Waals surface area contributed by atoms with Crippen LogP contribution in [0, 0.1) is 82.3 Å². The summed E-state index contributed by atoms with van der Waals surface area (Å²) >= 11 is 0. The lowest BCUT2D eigenvalue weighted by Crippen LogP contribution is -2.51. The molecule has 115 heavy (non-hydrogen) atoms. The molecular weight excluding hydrogens is 1460 g/mol. The molecule has 8 bridgehead atoms. The largest absolute Gasteiger partial charge is 0.459 e. The fraction of sp³-hybridized carbons (Fsp3) is 0.947. The summed E-state index contributed by atoms with van der Waals surface area (Å²) in [6.07, 6.45) is 35.3. The Hall–Kier alpha value is -3.05. The quantitative estimate of drug-likeness (QED) is 0.0573. The number of esters is 5. The average molecular weight is 1620 g/mol. The summed E-state index contributed by atoms with van der Waals surface area (Å²) < 4.78 is 81.7. The van der Waals surface area contributed by atoms with Crippen molar-refractivity contribution in [1.82, 2.24) is 0 Å². The smallest absolute Gasteiger partial charge is 0.315 e. The highest BCUT2D eigenvalue weighted by Crippen LogP contribution is 2.64. The number of aliphatic hydroxyl groups excluding tert-OH is 1. The highest BCUT2D eigenvalue weighted by molar-refractivity contribution is 5.85. The van der Waals surface area contributed by atoms with E-state index in [-0.39, 0.29) is 186 Å². The van der Waals surface area contributed by atoms with E-state index in [1.807, 2.05) is 6.92 Å². The topological polar surface area (TPSA) is 246 Å². The van der Waals surface area contributed by atoms with Crippen molar-refractivity contribution in [2.24, 2.45) is 82.3 Å². The molecular formula is C95H154O20. The molecule has 0 amide bonds. The van der Waals surface area contributed by atoms with E-state index >= 15 is 0 Å². The van der Waals surface area contributed by atoms with E-state index in [2.05, 4.69) is 104 Å². The number of ether oxygens (including phenoxy) is 13. The summed E-state index contributed by atoms with van der Waals surface area (Å²) in [5, 5.41) is 22.2. The third kappa shape index (κ3) is 16.2. The van der Waals surface area contributed by atoms with Crippen molar-refractivity contribution in [2.45, 2.75) is 486 Å². The first-order valence-corrected chi connectivity index (χ1v) is 47.9. The predicted octanol–water partition coefficient (Wildman–Crippen LogP) is 17.5. The summed E-state index contributed by atoms with van der Waals surface area (Å²) in [5.74, 6) is 0.824. The van der Waals surface area contributed by atoms with Crippen LogP contribution >= 0.6 is 0 Å². The van der Waals surface area contributed by atoms with Crippen molar-refractivity contribution in [2.75, 3.05) is 0 Å². The molecule has 12 aliphatic heterocycles. The van der Waals surface area contributed by atoms with Gasteiger partial charge in [0.15, 0.2) is 0 Å². The molecule has 0 aromatic rings. The molecule has 0 aromatic carbocycles. The minimum Gasteiger partial charge on any atom is -0.459 e. The summed E-state index contributed by atoms with van der Waals surface area (Å²) in [5.41, 5.74) is -3.23. The van der Waals surface area contributed by atoms with Crippen molar-refractivity contribution in [3.63, 3.8) is 0 Å². The Balaban J connectivity index is 0.000000127. The summed E-state index contributed by atoms with van der Waals surface area (Å²) in [4.78, 5) is 66.4. The van der Waals surface area contributed by atoms with Crippen LogP contribution in [-0.2, 0) is 85.6 Å². The molecule has 5 aliphatic carbocycles. The van der Waals surface area contributed by atoms with E-state index in [0.717, 1.165) is 212 Å². The zero-order valence-electron chi connectivity index (χ0n) is 73.7. The maximum atomic E-state index is 13.8. The van der Waals surface area contributed by atoms with Gasteiger partial charge in [-0.25, -0.2) is 0 Å². The molecule has 17 aliphatic rings. The van der Waals surface area contributed by atoms with Gasteiger partial charge in [0.1, 0.15) is 28.0 Å². The number of aliphatic hydroxyl groups is 2. The number of hydrogen-bond acceptors (Lipinski definition) is 20. The van der Waals surface area contributed by atoms with Gasteiger partial charge in [-0.15, -0.1) is 0 Å². The van der Waals surface area contributed by atoms with Gasteiger partial charge in [-0.05, 0) is 244 Å².